The Hall–Kier alpha value is -1.10. The second kappa shape index (κ2) is 6.59. The van der Waals surface area contributed by atoms with Gasteiger partial charge in [0.2, 0.25) is 5.54 Å². The highest BCUT2D eigenvalue weighted by molar-refractivity contribution is 4.87. The van der Waals surface area contributed by atoms with Gasteiger partial charge in [0, 0.05) is 30.2 Å². The van der Waals surface area contributed by atoms with Gasteiger partial charge < -0.3 is 10.5 Å². The van der Waals surface area contributed by atoms with Gasteiger partial charge in [-0.05, 0) is 19.3 Å². The summed E-state index contributed by atoms with van der Waals surface area (Å²) in [4.78, 5) is 11.1. The van der Waals surface area contributed by atoms with E-state index in [1.54, 1.807) is 0 Å². The predicted molar refractivity (Wildman–Crippen MR) is 66.2 cm³/mol. The number of hydrogen-bond acceptors (Lipinski definition) is 4. The molecule has 1 rings (SSSR count). The highest BCUT2D eigenvalue weighted by atomic mass is 16.6. The first-order valence-electron chi connectivity index (χ1n) is 6.23. The zero-order chi connectivity index (χ0) is 12.7. The molecule has 5 nitrogen and oxygen atoms in total. The number of ether oxygens (including phenoxy) is 1. The number of hydrogen-bond donors (Lipinski definition) is 1. The molecule has 0 aromatic rings. The Labute approximate surface area is 102 Å². The molecule has 0 saturated heterocycles. The molecule has 1 unspecified atom stereocenters. The van der Waals surface area contributed by atoms with Crippen LogP contribution in [0.2, 0.25) is 0 Å². The van der Waals surface area contributed by atoms with Crippen molar-refractivity contribution < 1.29 is 9.66 Å². The van der Waals surface area contributed by atoms with E-state index in [-0.39, 0.29) is 11.0 Å². The number of nitrogens with two attached hydrogens (primary N) is 1. The Balaban J connectivity index is 2.48. The maximum Gasteiger partial charge on any atom is 0.223 e. The van der Waals surface area contributed by atoms with Gasteiger partial charge in [0.25, 0.3) is 0 Å². The molecular formula is C12H22N2O3. The standard InChI is InChI=1S/C12H22N2O3/c1-2-17-9-6-11(13)10-12(14(15)16)7-4-3-5-8-12/h2,11H,1,3-10,13H2. The third-order valence-corrected chi connectivity index (χ3v) is 3.54. The molecule has 1 aliphatic carbocycles. The number of nitro groups is 1. The molecule has 98 valence electrons. The van der Waals surface area contributed by atoms with Gasteiger partial charge in [-0.1, -0.05) is 13.0 Å². The first-order chi connectivity index (χ1) is 8.10. The lowest BCUT2D eigenvalue weighted by atomic mass is 9.77. The smallest absolute Gasteiger partial charge is 0.223 e. The summed E-state index contributed by atoms with van der Waals surface area (Å²) in [7, 11) is 0. The minimum absolute atomic E-state index is 0.111. The maximum atomic E-state index is 11.2. The summed E-state index contributed by atoms with van der Waals surface area (Å²) in [6.45, 7) is 3.93. The highest BCUT2D eigenvalue weighted by Gasteiger charge is 2.44. The summed E-state index contributed by atoms with van der Waals surface area (Å²) in [5, 5.41) is 11.2. The molecule has 0 radical (unpaired) electrons. The molecule has 0 aromatic heterocycles. The average molecular weight is 242 g/mol. The number of nitrogens with zero attached hydrogens (tertiary/aromatic N) is 1. The Morgan fingerprint density at radius 3 is 2.65 bits per heavy atom. The van der Waals surface area contributed by atoms with Gasteiger partial charge in [-0.25, -0.2) is 0 Å². The molecule has 0 bridgehead atoms. The molecule has 1 fully saturated rings. The van der Waals surface area contributed by atoms with Crippen LogP contribution in [0.1, 0.15) is 44.9 Å². The van der Waals surface area contributed by atoms with E-state index in [1.807, 2.05) is 0 Å². The van der Waals surface area contributed by atoms with Crippen molar-refractivity contribution in [1.29, 1.82) is 0 Å². The molecule has 1 atom stereocenters. The molecule has 1 saturated carbocycles. The summed E-state index contributed by atoms with van der Waals surface area (Å²) < 4.78 is 5.00. The van der Waals surface area contributed by atoms with Gasteiger partial charge in [-0.2, -0.15) is 0 Å². The average Bonchev–Trinajstić information content (AvgIpc) is 2.30. The van der Waals surface area contributed by atoms with Gasteiger partial charge >= 0.3 is 0 Å². The van der Waals surface area contributed by atoms with E-state index >= 15 is 0 Å². The van der Waals surface area contributed by atoms with E-state index in [0.717, 1.165) is 19.3 Å². The van der Waals surface area contributed by atoms with Crippen molar-refractivity contribution in [2.24, 2.45) is 5.73 Å². The van der Waals surface area contributed by atoms with Crippen LogP contribution in [-0.4, -0.2) is 23.1 Å². The van der Waals surface area contributed by atoms with Crippen LogP contribution in [0.4, 0.5) is 0 Å². The predicted octanol–water partition coefficient (Wildman–Crippen LogP) is 2.23. The summed E-state index contributed by atoms with van der Waals surface area (Å²) in [5.41, 5.74) is 5.16. The van der Waals surface area contributed by atoms with Gasteiger partial charge in [0.1, 0.15) is 0 Å². The second-order valence-corrected chi connectivity index (χ2v) is 4.83. The van der Waals surface area contributed by atoms with Crippen LogP contribution in [0.3, 0.4) is 0 Å². The lowest BCUT2D eigenvalue weighted by Gasteiger charge is -2.31. The van der Waals surface area contributed by atoms with Crippen LogP contribution in [0.5, 0.6) is 0 Å². The van der Waals surface area contributed by atoms with Crippen LogP contribution in [0.15, 0.2) is 12.8 Å². The van der Waals surface area contributed by atoms with E-state index in [1.165, 1.54) is 6.26 Å². The van der Waals surface area contributed by atoms with Crippen molar-refractivity contribution in [1.82, 2.24) is 0 Å². The van der Waals surface area contributed by atoms with E-state index in [0.29, 0.717) is 32.3 Å². The van der Waals surface area contributed by atoms with Gasteiger partial charge in [-0.15, -0.1) is 0 Å². The molecule has 0 aliphatic heterocycles. The third-order valence-electron chi connectivity index (χ3n) is 3.54. The first-order valence-corrected chi connectivity index (χ1v) is 6.23. The van der Waals surface area contributed by atoms with Gasteiger partial charge in [-0.3, -0.25) is 10.1 Å². The van der Waals surface area contributed by atoms with Crippen molar-refractivity contribution in [2.75, 3.05) is 6.61 Å². The van der Waals surface area contributed by atoms with E-state index in [2.05, 4.69) is 6.58 Å². The maximum absolute atomic E-state index is 11.2. The summed E-state index contributed by atoms with van der Waals surface area (Å²) >= 11 is 0. The molecule has 5 heteroatoms. The fourth-order valence-corrected chi connectivity index (χ4v) is 2.56. The zero-order valence-corrected chi connectivity index (χ0v) is 10.3. The first kappa shape index (κ1) is 14.0. The van der Waals surface area contributed by atoms with E-state index in [9.17, 15) is 10.1 Å². The largest absolute Gasteiger partial charge is 0.502 e. The van der Waals surface area contributed by atoms with E-state index < -0.39 is 5.54 Å². The Bertz CT molecular complexity index is 262. The van der Waals surface area contributed by atoms with Crippen LogP contribution < -0.4 is 5.73 Å². The van der Waals surface area contributed by atoms with Crippen molar-refractivity contribution in [3.05, 3.63) is 23.0 Å². The van der Waals surface area contributed by atoms with Crippen molar-refractivity contribution >= 4 is 0 Å². The highest BCUT2D eigenvalue weighted by Crippen LogP contribution is 2.34. The zero-order valence-electron chi connectivity index (χ0n) is 10.3. The van der Waals surface area contributed by atoms with Crippen molar-refractivity contribution in [2.45, 2.75) is 56.5 Å². The topological polar surface area (TPSA) is 78.4 Å². The quantitative estimate of drug-likeness (QED) is 0.321. The summed E-state index contributed by atoms with van der Waals surface area (Å²) in [5.74, 6) is 0. The third kappa shape index (κ3) is 4.00. The van der Waals surface area contributed by atoms with Crippen LogP contribution in [-0.2, 0) is 4.74 Å². The van der Waals surface area contributed by atoms with Crippen molar-refractivity contribution in [3.63, 3.8) is 0 Å². The fraction of sp³-hybridized carbons (Fsp3) is 0.833. The van der Waals surface area contributed by atoms with Crippen LogP contribution >= 0.6 is 0 Å². The minimum atomic E-state index is -0.786. The molecule has 0 spiro atoms. The van der Waals surface area contributed by atoms with Gasteiger partial charge in [0.05, 0.1) is 12.9 Å². The van der Waals surface area contributed by atoms with Crippen molar-refractivity contribution in [3.8, 4) is 0 Å². The lowest BCUT2D eigenvalue weighted by molar-refractivity contribution is -0.576. The molecule has 0 heterocycles. The Morgan fingerprint density at radius 1 is 1.47 bits per heavy atom. The molecule has 0 amide bonds. The Kier molecular flexibility index (Phi) is 5.41. The fourth-order valence-electron chi connectivity index (χ4n) is 2.56. The normalized spacial score (nSPS) is 20.5. The van der Waals surface area contributed by atoms with Crippen LogP contribution in [0.25, 0.3) is 0 Å². The minimum Gasteiger partial charge on any atom is -0.502 e. The molecule has 17 heavy (non-hydrogen) atoms. The summed E-state index contributed by atoms with van der Waals surface area (Å²) in [6.07, 6.45) is 6.78. The molecule has 0 aromatic carbocycles. The lowest BCUT2D eigenvalue weighted by Crippen LogP contribution is -2.45. The van der Waals surface area contributed by atoms with Crippen LogP contribution in [0, 0.1) is 10.1 Å². The summed E-state index contributed by atoms with van der Waals surface area (Å²) in [6, 6.07) is -0.168. The monoisotopic (exact) mass is 242 g/mol. The molecule has 1 aliphatic rings. The molecule has 2 N–H and O–H groups in total. The van der Waals surface area contributed by atoms with E-state index in [4.69, 9.17) is 10.5 Å². The SMILES string of the molecule is C=COCCC(N)CC1([N+](=O)[O-])CCCCC1. The number of rotatable bonds is 7. The van der Waals surface area contributed by atoms with Gasteiger partial charge in [0.15, 0.2) is 0 Å². The molecular weight excluding hydrogens is 220 g/mol. The second-order valence-electron chi connectivity index (χ2n) is 4.83. The Morgan fingerprint density at radius 2 is 2.12 bits per heavy atom.